The minimum atomic E-state index is 0.374. The minimum Gasteiger partial charge on any atom is -0.324 e. The van der Waals surface area contributed by atoms with Crippen LogP contribution in [-0.2, 0) is 0 Å². The topological polar surface area (TPSA) is 26.0 Å². The van der Waals surface area contributed by atoms with Crippen molar-refractivity contribution in [3.05, 3.63) is 11.6 Å². The maximum absolute atomic E-state index is 6.44. The van der Waals surface area contributed by atoms with Crippen molar-refractivity contribution in [2.75, 3.05) is 0 Å². The van der Waals surface area contributed by atoms with E-state index in [2.05, 4.69) is 26.8 Å². The van der Waals surface area contributed by atoms with Gasteiger partial charge in [0.2, 0.25) is 0 Å². The summed E-state index contributed by atoms with van der Waals surface area (Å²) in [6.07, 6.45) is 11.7. The SMILES string of the molecule is CC(C)(C)C1CCC(C(N)C2=CCCC2)CC1. The zero-order chi connectivity index (χ0) is 12.5. The molecule has 0 saturated heterocycles. The van der Waals surface area contributed by atoms with Gasteiger partial charge in [0.05, 0.1) is 0 Å². The molecule has 0 aromatic carbocycles. The van der Waals surface area contributed by atoms with Gasteiger partial charge in [0.15, 0.2) is 0 Å². The molecular weight excluding hydrogens is 206 g/mol. The summed E-state index contributed by atoms with van der Waals surface area (Å²) < 4.78 is 0. The number of hydrogen-bond acceptors (Lipinski definition) is 1. The lowest BCUT2D eigenvalue weighted by Crippen LogP contribution is -2.36. The fraction of sp³-hybridized carbons (Fsp3) is 0.875. The Balaban J connectivity index is 1.86. The molecule has 17 heavy (non-hydrogen) atoms. The third kappa shape index (κ3) is 3.13. The van der Waals surface area contributed by atoms with Crippen molar-refractivity contribution in [1.82, 2.24) is 0 Å². The van der Waals surface area contributed by atoms with Crippen LogP contribution in [0.4, 0.5) is 0 Å². The summed E-state index contributed by atoms with van der Waals surface area (Å²) in [6.45, 7) is 7.16. The van der Waals surface area contributed by atoms with E-state index in [0.717, 1.165) is 11.8 Å². The fourth-order valence-electron chi connectivity index (χ4n) is 3.65. The maximum Gasteiger partial charge on any atom is 0.0282 e. The van der Waals surface area contributed by atoms with Crippen molar-refractivity contribution >= 4 is 0 Å². The van der Waals surface area contributed by atoms with Crippen LogP contribution in [0.5, 0.6) is 0 Å². The van der Waals surface area contributed by atoms with E-state index < -0.39 is 0 Å². The van der Waals surface area contributed by atoms with Crippen molar-refractivity contribution in [1.29, 1.82) is 0 Å². The van der Waals surface area contributed by atoms with Crippen molar-refractivity contribution < 1.29 is 0 Å². The number of rotatable bonds is 2. The molecule has 2 rings (SSSR count). The lowest BCUT2D eigenvalue weighted by atomic mass is 9.68. The lowest BCUT2D eigenvalue weighted by molar-refractivity contribution is 0.143. The Labute approximate surface area is 107 Å². The van der Waals surface area contributed by atoms with Gasteiger partial charge >= 0.3 is 0 Å². The third-order valence-electron chi connectivity index (χ3n) is 5.01. The van der Waals surface area contributed by atoms with Crippen molar-refractivity contribution in [3.8, 4) is 0 Å². The van der Waals surface area contributed by atoms with Crippen molar-refractivity contribution in [2.45, 2.75) is 71.8 Å². The fourth-order valence-corrected chi connectivity index (χ4v) is 3.65. The standard InChI is InChI=1S/C16H29N/c1-16(2,3)14-10-8-13(9-11-14)15(17)12-6-4-5-7-12/h6,13-15H,4-5,7-11,17H2,1-3H3. The van der Waals surface area contributed by atoms with Gasteiger partial charge in [-0.1, -0.05) is 32.4 Å². The Bertz CT molecular complexity index is 276. The first-order chi connectivity index (χ1) is 7.98. The zero-order valence-corrected chi connectivity index (χ0v) is 11.8. The van der Waals surface area contributed by atoms with E-state index in [1.165, 1.54) is 44.9 Å². The molecule has 2 N–H and O–H groups in total. The zero-order valence-electron chi connectivity index (χ0n) is 11.8. The molecule has 0 radical (unpaired) electrons. The van der Waals surface area contributed by atoms with Crippen LogP contribution in [0.2, 0.25) is 0 Å². The number of allylic oxidation sites excluding steroid dienone is 1. The monoisotopic (exact) mass is 235 g/mol. The van der Waals surface area contributed by atoms with E-state index in [0.29, 0.717) is 11.5 Å². The second-order valence-corrected chi connectivity index (χ2v) is 7.17. The second kappa shape index (κ2) is 5.14. The van der Waals surface area contributed by atoms with E-state index in [1.54, 1.807) is 5.57 Å². The van der Waals surface area contributed by atoms with Gasteiger partial charge < -0.3 is 5.73 Å². The number of hydrogen-bond donors (Lipinski definition) is 1. The van der Waals surface area contributed by atoms with Crippen LogP contribution in [0.15, 0.2) is 11.6 Å². The van der Waals surface area contributed by atoms with E-state index in [9.17, 15) is 0 Å². The summed E-state index contributed by atoms with van der Waals surface area (Å²) in [5.74, 6) is 1.67. The molecule has 0 spiro atoms. The first-order valence-corrected chi connectivity index (χ1v) is 7.43. The molecule has 0 aromatic heterocycles. The predicted octanol–water partition coefficient (Wildman–Crippen LogP) is 4.28. The highest BCUT2D eigenvalue weighted by Crippen LogP contribution is 2.41. The average Bonchev–Trinajstić information content (AvgIpc) is 2.80. The Morgan fingerprint density at radius 1 is 1.18 bits per heavy atom. The second-order valence-electron chi connectivity index (χ2n) is 7.17. The highest BCUT2D eigenvalue weighted by Gasteiger charge is 2.32. The molecule has 1 unspecified atom stereocenters. The minimum absolute atomic E-state index is 0.374. The summed E-state index contributed by atoms with van der Waals surface area (Å²) in [6, 6.07) is 0.374. The summed E-state index contributed by atoms with van der Waals surface area (Å²) in [5.41, 5.74) is 8.49. The van der Waals surface area contributed by atoms with Crippen LogP contribution in [0.3, 0.4) is 0 Å². The van der Waals surface area contributed by atoms with Crippen LogP contribution in [-0.4, -0.2) is 6.04 Å². The van der Waals surface area contributed by atoms with Crippen LogP contribution >= 0.6 is 0 Å². The van der Waals surface area contributed by atoms with E-state index in [-0.39, 0.29) is 0 Å². The molecule has 0 aromatic rings. The van der Waals surface area contributed by atoms with Crippen LogP contribution in [0.1, 0.15) is 65.7 Å². The molecule has 98 valence electrons. The Kier molecular flexibility index (Phi) is 3.97. The molecule has 1 atom stereocenters. The first-order valence-electron chi connectivity index (χ1n) is 7.43. The van der Waals surface area contributed by atoms with Gasteiger partial charge in [0.1, 0.15) is 0 Å². The molecule has 1 saturated carbocycles. The molecule has 1 nitrogen and oxygen atoms in total. The molecule has 2 aliphatic rings. The summed E-state index contributed by atoms with van der Waals surface area (Å²) >= 11 is 0. The first kappa shape index (κ1) is 13.1. The lowest BCUT2D eigenvalue weighted by Gasteiger charge is -2.39. The molecule has 0 bridgehead atoms. The van der Waals surface area contributed by atoms with Crippen LogP contribution in [0.25, 0.3) is 0 Å². The van der Waals surface area contributed by atoms with Gasteiger partial charge in [-0.3, -0.25) is 0 Å². The predicted molar refractivity (Wildman–Crippen MR) is 74.8 cm³/mol. The smallest absolute Gasteiger partial charge is 0.0282 e. The van der Waals surface area contributed by atoms with Crippen molar-refractivity contribution in [2.24, 2.45) is 23.0 Å². The van der Waals surface area contributed by atoms with Gasteiger partial charge in [0.25, 0.3) is 0 Å². The molecule has 1 fully saturated rings. The highest BCUT2D eigenvalue weighted by atomic mass is 14.7. The Morgan fingerprint density at radius 3 is 2.29 bits per heavy atom. The third-order valence-corrected chi connectivity index (χ3v) is 5.01. The number of nitrogens with two attached hydrogens (primary N) is 1. The maximum atomic E-state index is 6.44. The van der Waals surface area contributed by atoms with E-state index in [1.807, 2.05) is 0 Å². The molecule has 0 aliphatic heterocycles. The molecule has 0 amide bonds. The summed E-state index contributed by atoms with van der Waals surface area (Å²) in [7, 11) is 0. The normalized spacial score (nSPS) is 32.4. The van der Waals surface area contributed by atoms with E-state index >= 15 is 0 Å². The van der Waals surface area contributed by atoms with Crippen molar-refractivity contribution in [3.63, 3.8) is 0 Å². The Hall–Kier alpha value is -0.300. The molecule has 2 aliphatic carbocycles. The average molecular weight is 235 g/mol. The van der Waals surface area contributed by atoms with Gasteiger partial charge in [-0.15, -0.1) is 0 Å². The van der Waals surface area contributed by atoms with E-state index in [4.69, 9.17) is 5.73 Å². The highest BCUT2D eigenvalue weighted by molar-refractivity contribution is 5.16. The van der Waals surface area contributed by atoms with Gasteiger partial charge in [-0.05, 0) is 62.2 Å². The molecular formula is C16H29N. The van der Waals surface area contributed by atoms with Gasteiger partial charge in [-0.25, -0.2) is 0 Å². The van der Waals surface area contributed by atoms with Crippen LogP contribution in [0, 0.1) is 17.3 Å². The van der Waals surface area contributed by atoms with Crippen LogP contribution < -0.4 is 5.73 Å². The largest absolute Gasteiger partial charge is 0.324 e. The Morgan fingerprint density at radius 2 is 1.82 bits per heavy atom. The quantitative estimate of drug-likeness (QED) is 0.710. The molecule has 1 heteroatoms. The molecule has 0 heterocycles. The van der Waals surface area contributed by atoms with Gasteiger partial charge in [0, 0.05) is 6.04 Å². The summed E-state index contributed by atoms with van der Waals surface area (Å²) in [4.78, 5) is 0. The van der Waals surface area contributed by atoms with Gasteiger partial charge in [-0.2, -0.15) is 0 Å². The summed E-state index contributed by atoms with van der Waals surface area (Å²) in [5, 5.41) is 0.